The number of para-hydroxylation sites is 1. The van der Waals surface area contributed by atoms with Crippen molar-refractivity contribution in [3.05, 3.63) is 29.8 Å². The molecule has 130 valence electrons. The Morgan fingerprint density at radius 2 is 1.96 bits per heavy atom. The molecule has 0 aliphatic carbocycles. The third kappa shape index (κ3) is 6.55. The van der Waals surface area contributed by atoms with Crippen molar-refractivity contribution in [2.75, 3.05) is 40.8 Å². The molecular formula is C17H29IN4O. The van der Waals surface area contributed by atoms with Gasteiger partial charge in [0.15, 0.2) is 5.96 Å². The molecule has 1 fully saturated rings. The Labute approximate surface area is 156 Å². The first-order chi connectivity index (χ1) is 10.7. The molecule has 2 rings (SSSR count). The first-order valence-corrected chi connectivity index (χ1v) is 7.98. The van der Waals surface area contributed by atoms with E-state index >= 15 is 0 Å². The van der Waals surface area contributed by atoms with Crippen molar-refractivity contribution in [3.63, 3.8) is 0 Å². The number of nitrogens with one attached hydrogen (secondary N) is 2. The Morgan fingerprint density at radius 3 is 2.61 bits per heavy atom. The fourth-order valence-electron chi connectivity index (χ4n) is 2.76. The van der Waals surface area contributed by atoms with Crippen LogP contribution in [0, 0.1) is 5.92 Å². The van der Waals surface area contributed by atoms with Crippen LogP contribution < -0.4 is 15.4 Å². The van der Waals surface area contributed by atoms with Crippen molar-refractivity contribution in [1.29, 1.82) is 0 Å². The lowest BCUT2D eigenvalue weighted by Gasteiger charge is -2.29. The molecule has 23 heavy (non-hydrogen) atoms. The minimum Gasteiger partial charge on any atom is -0.496 e. The number of piperidine rings is 1. The first-order valence-electron chi connectivity index (χ1n) is 7.98. The van der Waals surface area contributed by atoms with Crippen LogP contribution in [0.1, 0.15) is 18.4 Å². The predicted octanol–water partition coefficient (Wildman–Crippen LogP) is 2.32. The van der Waals surface area contributed by atoms with Gasteiger partial charge in [-0.25, -0.2) is 0 Å². The molecule has 0 unspecified atom stereocenters. The highest BCUT2D eigenvalue weighted by Crippen LogP contribution is 2.17. The normalized spacial score (nSPS) is 16.6. The van der Waals surface area contributed by atoms with Crippen LogP contribution in [-0.2, 0) is 6.54 Å². The van der Waals surface area contributed by atoms with Gasteiger partial charge in [-0.15, -0.1) is 24.0 Å². The minimum absolute atomic E-state index is 0. The van der Waals surface area contributed by atoms with Crippen molar-refractivity contribution >= 4 is 29.9 Å². The Morgan fingerprint density at radius 1 is 1.26 bits per heavy atom. The summed E-state index contributed by atoms with van der Waals surface area (Å²) in [4.78, 5) is 6.70. The van der Waals surface area contributed by atoms with Gasteiger partial charge in [0.25, 0.3) is 0 Å². The van der Waals surface area contributed by atoms with Crippen LogP contribution in [0.4, 0.5) is 0 Å². The van der Waals surface area contributed by atoms with Crippen molar-refractivity contribution in [3.8, 4) is 5.75 Å². The molecule has 0 bridgehead atoms. The summed E-state index contributed by atoms with van der Waals surface area (Å²) in [5, 5.41) is 6.80. The zero-order valence-electron chi connectivity index (χ0n) is 14.3. The predicted molar refractivity (Wildman–Crippen MR) is 107 cm³/mol. The van der Waals surface area contributed by atoms with Gasteiger partial charge >= 0.3 is 0 Å². The van der Waals surface area contributed by atoms with Crippen LogP contribution in [0.15, 0.2) is 29.3 Å². The Kier molecular flexibility index (Phi) is 9.31. The minimum atomic E-state index is 0. The number of aliphatic imine (C=N–C) groups is 1. The lowest BCUT2D eigenvalue weighted by Crippen LogP contribution is -2.42. The highest BCUT2D eigenvalue weighted by atomic mass is 127. The lowest BCUT2D eigenvalue weighted by molar-refractivity contribution is 0.220. The van der Waals surface area contributed by atoms with Crippen LogP contribution in [0.2, 0.25) is 0 Å². The monoisotopic (exact) mass is 432 g/mol. The fourth-order valence-corrected chi connectivity index (χ4v) is 2.76. The number of guanidine groups is 1. The summed E-state index contributed by atoms with van der Waals surface area (Å²) >= 11 is 0. The summed E-state index contributed by atoms with van der Waals surface area (Å²) in [5.74, 6) is 2.49. The van der Waals surface area contributed by atoms with E-state index in [2.05, 4.69) is 33.6 Å². The van der Waals surface area contributed by atoms with E-state index in [4.69, 9.17) is 4.74 Å². The van der Waals surface area contributed by atoms with Gasteiger partial charge in [-0.2, -0.15) is 0 Å². The van der Waals surface area contributed by atoms with Crippen LogP contribution in [0.25, 0.3) is 0 Å². The summed E-state index contributed by atoms with van der Waals surface area (Å²) in [6.07, 6.45) is 2.51. The van der Waals surface area contributed by atoms with Crippen LogP contribution in [-0.4, -0.2) is 51.7 Å². The molecule has 0 atom stereocenters. The topological polar surface area (TPSA) is 48.9 Å². The highest BCUT2D eigenvalue weighted by Gasteiger charge is 2.16. The van der Waals surface area contributed by atoms with E-state index in [0.29, 0.717) is 6.54 Å². The van der Waals surface area contributed by atoms with E-state index in [1.807, 2.05) is 25.2 Å². The van der Waals surface area contributed by atoms with Crippen molar-refractivity contribution < 1.29 is 4.74 Å². The van der Waals surface area contributed by atoms with Crippen LogP contribution in [0.3, 0.4) is 0 Å². The maximum Gasteiger partial charge on any atom is 0.191 e. The van der Waals surface area contributed by atoms with Crippen molar-refractivity contribution in [1.82, 2.24) is 15.5 Å². The molecule has 6 heteroatoms. The number of methoxy groups -OCH3 is 1. The summed E-state index contributed by atoms with van der Waals surface area (Å²) in [6.45, 7) is 4.08. The molecular weight excluding hydrogens is 403 g/mol. The molecule has 5 nitrogen and oxygen atoms in total. The zero-order chi connectivity index (χ0) is 15.8. The summed E-state index contributed by atoms with van der Waals surface area (Å²) in [5.41, 5.74) is 1.13. The van der Waals surface area contributed by atoms with E-state index in [0.717, 1.165) is 29.7 Å². The number of nitrogens with zero attached hydrogens (tertiary/aromatic N) is 2. The molecule has 1 aromatic rings. The van der Waals surface area contributed by atoms with E-state index in [9.17, 15) is 0 Å². The number of likely N-dealkylation sites (tertiary alicyclic amines) is 1. The van der Waals surface area contributed by atoms with Crippen molar-refractivity contribution in [2.24, 2.45) is 10.9 Å². The second kappa shape index (κ2) is 10.7. The second-order valence-electron chi connectivity index (χ2n) is 5.87. The third-order valence-corrected chi connectivity index (χ3v) is 4.26. The molecule has 2 N–H and O–H groups in total. The van der Waals surface area contributed by atoms with E-state index in [-0.39, 0.29) is 24.0 Å². The first kappa shape index (κ1) is 20.0. The van der Waals surface area contributed by atoms with Gasteiger partial charge in [0.2, 0.25) is 0 Å². The quantitative estimate of drug-likeness (QED) is 0.426. The highest BCUT2D eigenvalue weighted by molar-refractivity contribution is 14.0. The summed E-state index contributed by atoms with van der Waals surface area (Å²) in [6, 6.07) is 8.05. The molecule has 0 spiro atoms. The molecule has 1 aliphatic heterocycles. The van der Waals surface area contributed by atoms with Gasteiger partial charge in [0.05, 0.1) is 7.11 Å². The average molecular weight is 432 g/mol. The largest absolute Gasteiger partial charge is 0.496 e. The Bertz CT molecular complexity index is 487. The van der Waals surface area contributed by atoms with Crippen LogP contribution >= 0.6 is 24.0 Å². The number of hydrogen-bond acceptors (Lipinski definition) is 3. The molecule has 0 amide bonds. The molecule has 0 radical (unpaired) electrons. The maximum atomic E-state index is 5.37. The third-order valence-electron chi connectivity index (χ3n) is 4.26. The van der Waals surface area contributed by atoms with E-state index in [1.165, 1.54) is 25.9 Å². The number of rotatable bonds is 5. The molecule has 0 saturated carbocycles. The van der Waals surface area contributed by atoms with Gasteiger partial charge in [0.1, 0.15) is 5.75 Å². The molecule has 1 aromatic carbocycles. The van der Waals surface area contributed by atoms with Gasteiger partial charge in [-0.05, 0) is 45.0 Å². The molecule has 1 heterocycles. The lowest BCUT2D eigenvalue weighted by atomic mass is 9.97. The number of benzene rings is 1. The average Bonchev–Trinajstić information content (AvgIpc) is 2.57. The number of halogens is 1. The van der Waals surface area contributed by atoms with Gasteiger partial charge in [-0.1, -0.05) is 18.2 Å². The maximum absolute atomic E-state index is 5.37. The Balaban J connectivity index is 0.00000264. The van der Waals surface area contributed by atoms with Crippen LogP contribution in [0.5, 0.6) is 5.75 Å². The molecule has 1 aliphatic rings. The molecule has 0 aromatic heterocycles. The Hall–Kier alpha value is -1.02. The number of hydrogen-bond donors (Lipinski definition) is 2. The van der Waals surface area contributed by atoms with Crippen molar-refractivity contribution in [2.45, 2.75) is 19.4 Å². The smallest absolute Gasteiger partial charge is 0.191 e. The standard InChI is InChI=1S/C17H28N4O.HI/c1-18-17(19-12-14-8-10-21(2)11-9-14)20-13-15-6-4-5-7-16(15)22-3;/h4-7,14H,8-13H2,1-3H3,(H2,18,19,20);1H. The SMILES string of the molecule is CN=C(NCc1ccccc1OC)NCC1CCN(C)CC1.I. The molecule has 1 saturated heterocycles. The van der Waals surface area contributed by atoms with Gasteiger partial charge < -0.3 is 20.3 Å². The fraction of sp³-hybridized carbons (Fsp3) is 0.588. The van der Waals surface area contributed by atoms with Gasteiger partial charge in [-0.3, -0.25) is 4.99 Å². The summed E-state index contributed by atoms with van der Waals surface area (Å²) < 4.78 is 5.37. The summed E-state index contributed by atoms with van der Waals surface area (Å²) in [7, 11) is 5.70. The van der Waals surface area contributed by atoms with Gasteiger partial charge in [0, 0.05) is 25.7 Å². The number of ether oxygens (including phenoxy) is 1. The van der Waals surface area contributed by atoms with E-state index < -0.39 is 0 Å². The zero-order valence-corrected chi connectivity index (χ0v) is 16.7. The van der Waals surface area contributed by atoms with E-state index in [1.54, 1.807) is 7.11 Å². The second-order valence-corrected chi connectivity index (χ2v) is 5.87.